The zero-order valence-corrected chi connectivity index (χ0v) is 12.9. The van der Waals surface area contributed by atoms with Crippen LogP contribution in [0.25, 0.3) is 0 Å². The molecule has 0 aliphatic rings. The Hall–Kier alpha value is -0.700. The molecule has 1 aromatic rings. The fourth-order valence-corrected chi connectivity index (χ4v) is 2.03. The van der Waals surface area contributed by atoms with E-state index in [1.165, 1.54) is 5.56 Å². The van der Waals surface area contributed by atoms with Gasteiger partial charge in [-0.05, 0) is 52.4 Å². The molecule has 0 saturated carbocycles. The highest BCUT2D eigenvalue weighted by molar-refractivity contribution is 9.10. The summed E-state index contributed by atoms with van der Waals surface area (Å²) in [5, 5.41) is 0. The summed E-state index contributed by atoms with van der Waals surface area (Å²) in [6, 6.07) is 4.09. The van der Waals surface area contributed by atoms with Gasteiger partial charge in [-0.15, -0.1) is 0 Å². The van der Waals surface area contributed by atoms with Gasteiger partial charge in [-0.1, -0.05) is 27.7 Å². The number of nitrogen functional groups attached to an aromatic ring is 1. The molecule has 96 valence electrons. The molecule has 0 amide bonds. The van der Waals surface area contributed by atoms with E-state index in [2.05, 4.69) is 49.7 Å². The molecular formula is C14H22BrNO. The zero-order chi connectivity index (χ0) is 13.2. The Kier molecular flexibility index (Phi) is 4.48. The molecule has 1 unspecified atom stereocenters. The van der Waals surface area contributed by atoms with Gasteiger partial charge in [0.25, 0.3) is 0 Å². The topological polar surface area (TPSA) is 35.2 Å². The maximum atomic E-state index is 6.07. The van der Waals surface area contributed by atoms with Crippen molar-refractivity contribution in [2.24, 2.45) is 0 Å². The summed E-state index contributed by atoms with van der Waals surface area (Å²) in [5.74, 6) is 0.757. The fourth-order valence-electron chi connectivity index (χ4n) is 1.46. The summed E-state index contributed by atoms with van der Waals surface area (Å²) in [5.41, 5.74) is 8.06. The lowest BCUT2D eigenvalue weighted by atomic mass is 9.87. The van der Waals surface area contributed by atoms with E-state index in [1.54, 1.807) is 0 Å². The van der Waals surface area contributed by atoms with E-state index in [1.807, 2.05) is 13.0 Å². The average molecular weight is 300 g/mol. The molecule has 0 aromatic heterocycles. The molecule has 0 fully saturated rings. The number of halogens is 1. The zero-order valence-electron chi connectivity index (χ0n) is 11.3. The van der Waals surface area contributed by atoms with Gasteiger partial charge >= 0.3 is 0 Å². The average Bonchev–Trinajstić information content (AvgIpc) is 2.21. The van der Waals surface area contributed by atoms with Gasteiger partial charge in [0.1, 0.15) is 0 Å². The van der Waals surface area contributed by atoms with Crippen molar-refractivity contribution in [3.05, 3.63) is 22.2 Å². The van der Waals surface area contributed by atoms with Crippen LogP contribution < -0.4 is 10.5 Å². The second kappa shape index (κ2) is 5.30. The first kappa shape index (κ1) is 14.4. The Morgan fingerprint density at radius 2 is 1.94 bits per heavy atom. The van der Waals surface area contributed by atoms with Crippen molar-refractivity contribution in [1.29, 1.82) is 0 Å². The van der Waals surface area contributed by atoms with E-state index in [-0.39, 0.29) is 11.5 Å². The first-order chi connectivity index (χ1) is 7.75. The Morgan fingerprint density at radius 1 is 1.35 bits per heavy atom. The Labute approximate surface area is 113 Å². The van der Waals surface area contributed by atoms with Crippen molar-refractivity contribution in [2.45, 2.75) is 52.6 Å². The van der Waals surface area contributed by atoms with Crippen LogP contribution in [-0.2, 0) is 5.41 Å². The number of hydrogen-bond donors (Lipinski definition) is 1. The summed E-state index contributed by atoms with van der Waals surface area (Å²) >= 11 is 3.54. The quantitative estimate of drug-likeness (QED) is 0.834. The van der Waals surface area contributed by atoms with Crippen LogP contribution in [0.2, 0.25) is 0 Å². The minimum Gasteiger partial charge on any atom is -0.487 e. The first-order valence-electron chi connectivity index (χ1n) is 6.01. The van der Waals surface area contributed by atoms with Crippen LogP contribution in [-0.4, -0.2) is 6.10 Å². The maximum Gasteiger partial charge on any atom is 0.156 e. The minimum atomic E-state index is 0.0888. The van der Waals surface area contributed by atoms with Gasteiger partial charge in [-0.25, -0.2) is 0 Å². The lowest BCUT2D eigenvalue weighted by molar-refractivity contribution is 0.217. The van der Waals surface area contributed by atoms with E-state index in [9.17, 15) is 0 Å². The van der Waals surface area contributed by atoms with E-state index >= 15 is 0 Å². The SMILES string of the molecule is CCC(C)Oc1c(N)cc(C(C)(C)C)cc1Br. The van der Waals surface area contributed by atoms with Gasteiger partial charge in [-0.3, -0.25) is 0 Å². The van der Waals surface area contributed by atoms with Gasteiger partial charge in [0.05, 0.1) is 16.3 Å². The standard InChI is InChI=1S/C14H22BrNO/c1-6-9(2)17-13-11(15)7-10(8-12(13)16)14(3,4)5/h7-9H,6,16H2,1-5H3. The highest BCUT2D eigenvalue weighted by Crippen LogP contribution is 2.37. The van der Waals surface area contributed by atoms with Crippen molar-refractivity contribution < 1.29 is 4.74 Å². The Bertz CT molecular complexity index is 373. The highest BCUT2D eigenvalue weighted by atomic mass is 79.9. The first-order valence-corrected chi connectivity index (χ1v) is 6.81. The highest BCUT2D eigenvalue weighted by Gasteiger charge is 2.18. The van der Waals surface area contributed by atoms with Crippen molar-refractivity contribution in [2.75, 3.05) is 5.73 Å². The molecule has 17 heavy (non-hydrogen) atoms. The minimum absolute atomic E-state index is 0.0888. The molecule has 2 N–H and O–H groups in total. The van der Waals surface area contributed by atoms with Crippen molar-refractivity contribution in [1.82, 2.24) is 0 Å². The molecular weight excluding hydrogens is 278 g/mol. The molecule has 3 heteroatoms. The lowest BCUT2D eigenvalue weighted by Gasteiger charge is -2.22. The second-order valence-electron chi connectivity index (χ2n) is 5.46. The second-order valence-corrected chi connectivity index (χ2v) is 6.32. The number of ether oxygens (including phenoxy) is 1. The number of anilines is 1. The van der Waals surface area contributed by atoms with Crippen LogP contribution in [0.1, 0.15) is 46.6 Å². The van der Waals surface area contributed by atoms with Crippen LogP contribution in [0, 0.1) is 0 Å². The summed E-state index contributed by atoms with van der Waals surface area (Å²) in [4.78, 5) is 0. The van der Waals surface area contributed by atoms with Gasteiger partial charge in [0.2, 0.25) is 0 Å². The normalized spacial score (nSPS) is 13.5. The summed E-state index contributed by atoms with van der Waals surface area (Å²) in [6.07, 6.45) is 1.14. The lowest BCUT2D eigenvalue weighted by Crippen LogP contribution is -2.14. The number of benzene rings is 1. The van der Waals surface area contributed by atoms with Gasteiger partial charge in [0.15, 0.2) is 5.75 Å². The van der Waals surface area contributed by atoms with Crippen LogP contribution >= 0.6 is 15.9 Å². The van der Waals surface area contributed by atoms with E-state index < -0.39 is 0 Å². The molecule has 0 heterocycles. The molecule has 1 aromatic carbocycles. The molecule has 0 aliphatic heterocycles. The van der Waals surface area contributed by atoms with E-state index in [4.69, 9.17) is 10.5 Å². The van der Waals surface area contributed by atoms with Crippen LogP contribution in [0.15, 0.2) is 16.6 Å². The smallest absolute Gasteiger partial charge is 0.156 e. The number of nitrogens with two attached hydrogens (primary N) is 1. The summed E-state index contributed by atoms with van der Waals surface area (Å²) < 4.78 is 6.75. The van der Waals surface area contributed by atoms with Gasteiger partial charge in [0, 0.05) is 0 Å². The predicted molar refractivity (Wildman–Crippen MR) is 77.6 cm³/mol. The van der Waals surface area contributed by atoms with Crippen molar-refractivity contribution in [3.8, 4) is 5.75 Å². The molecule has 0 saturated heterocycles. The monoisotopic (exact) mass is 299 g/mol. The van der Waals surface area contributed by atoms with Crippen LogP contribution in [0.4, 0.5) is 5.69 Å². The van der Waals surface area contributed by atoms with Crippen LogP contribution in [0.3, 0.4) is 0 Å². The third kappa shape index (κ3) is 3.63. The van der Waals surface area contributed by atoms with Gasteiger partial charge < -0.3 is 10.5 Å². The largest absolute Gasteiger partial charge is 0.487 e. The predicted octanol–water partition coefficient (Wildman–Crippen LogP) is 4.51. The number of rotatable bonds is 3. The summed E-state index contributed by atoms with van der Waals surface area (Å²) in [6.45, 7) is 10.7. The van der Waals surface area contributed by atoms with Gasteiger partial charge in [-0.2, -0.15) is 0 Å². The third-order valence-electron chi connectivity index (χ3n) is 2.83. The molecule has 1 atom stereocenters. The van der Waals surface area contributed by atoms with Crippen molar-refractivity contribution in [3.63, 3.8) is 0 Å². The third-order valence-corrected chi connectivity index (χ3v) is 3.42. The molecule has 1 rings (SSSR count). The molecule has 0 bridgehead atoms. The molecule has 2 nitrogen and oxygen atoms in total. The molecule has 0 spiro atoms. The Morgan fingerprint density at radius 3 is 2.35 bits per heavy atom. The van der Waals surface area contributed by atoms with E-state index in [0.29, 0.717) is 5.69 Å². The Balaban J connectivity index is 3.11. The molecule has 0 aliphatic carbocycles. The van der Waals surface area contributed by atoms with E-state index in [0.717, 1.165) is 16.6 Å². The molecule has 0 radical (unpaired) electrons. The number of hydrogen-bond acceptors (Lipinski definition) is 2. The maximum absolute atomic E-state index is 6.07. The van der Waals surface area contributed by atoms with Crippen molar-refractivity contribution >= 4 is 21.6 Å². The fraction of sp³-hybridized carbons (Fsp3) is 0.571. The van der Waals surface area contributed by atoms with Crippen LogP contribution in [0.5, 0.6) is 5.75 Å². The summed E-state index contributed by atoms with van der Waals surface area (Å²) in [7, 11) is 0.